The van der Waals surface area contributed by atoms with Crippen LogP contribution in [0.15, 0.2) is 48.5 Å². The van der Waals surface area contributed by atoms with Crippen LogP contribution in [0.3, 0.4) is 0 Å². The van der Waals surface area contributed by atoms with Gasteiger partial charge in [-0.05, 0) is 30.7 Å². The summed E-state index contributed by atoms with van der Waals surface area (Å²) in [4.78, 5) is 0. The van der Waals surface area contributed by atoms with E-state index in [-0.39, 0.29) is 11.9 Å². The number of aliphatic hydroxyl groups is 2. The van der Waals surface area contributed by atoms with Crippen LogP contribution in [-0.4, -0.2) is 39.7 Å². The van der Waals surface area contributed by atoms with Crippen LogP contribution in [0.1, 0.15) is 12.5 Å². The first-order chi connectivity index (χ1) is 10.6. The highest BCUT2D eigenvalue weighted by molar-refractivity contribution is 5.41. The summed E-state index contributed by atoms with van der Waals surface area (Å²) < 4.78 is 5.41. The van der Waals surface area contributed by atoms with Crippen LogP contribution < -0.4 is 4.74 Å². The van der Waals surface area contributed by atoms with Crippen molar-refractivity contribution < 1.29 is 25.2 Å². The monoisotopic (exact) mass is 306 g/mol. The van der Waals surface area contributed by atoms with Crippen molar-refractivity contribution in [3.63, 3.8) is 0 Å². The van der Waals surface area contributed by atoms with Crippen LogP contribution in [-0.2, 0) is 6.42 Å². The van der Waals surface area contributed by atoms with E-state index in [9.17, 15) is 10.2 Å². The molecule has 2 aromatic rings. The Morgan fingerprint density at radius 2 is 1.59 bits per heavy atom. The van der Waals surface area contributed by atoms with Gasteiger partial charge in [0.25, 0.3) is 0 Å². The van der Waals surface area contributed by atoms with E-state index in [4.69, 9.17) is 14.9 Å². The Morgan fingerprint density at radius 1 is 0.955 bits per heavy atom. The Morgan fingerprint density at radius 3 is 2.14 bits per heavy atom. The average molecular weight is 306 g/mol. The van der Waals surface area contributed by atoms with Gasteiger partial charge >= 0.3 is 0 Å². The van der Waals surface area contributed by atoms with Gasteiger partial charge in [0.1, 0.15) is 23.4 Å². The van der Waals surface area contributed by atoms with Gasteiger partial charge < -0.3 is 25.2 Å². The van der Waals surface area contributed by atoms with Crippen LogP contribution >= 0.6 is 0 Å². The van der Waals surface area contributed by atoms with Crippen LogP contribution in [0.25, 0.3) is 0 Å². The molecule has 4 N–H and O–H groups in total. The van der Waals surface area contributed by atoms with E-state index in [1.54, 1.807) is 42.5 Å². The predicted octanol–water partition coefficient (Wildman–Crippen LogP) is 2.08. The van der Waals surface area contributed by atoms with Crippen molar-refractivity contribution in [2.75, 3.05) is 7.11 Å². The third-order valence-corrected chi connectivity index (χ3v) is 3.09. The smallest absolute Gasteiger partial charge is 0.126 e. The molecule has 0 bridgehead atoms. The summed E-state index contributed by atoms with van der Waals surface area (Å²) in [6.45, 7) is 1.82. The third kappa shape index (κ3) is 5.27. The molecule has 0 fully saturated rings. The molecule has 0 amide bonds. The molecule has 0 aromatic heterocycles. The van der Waals surface area contributed by atoms with E-state index in [0.29, 0.717) is 17.9 Å². The number of aliphatic hydroxyl groups excluding tert-OH is 2. The Labute approximate surface area is 130 Å². The summed E-state index contributed by atoms with van der Waals surface area (Å²) in [5.41, 5.74) is 0.948. The molecule has 0 saturated carbocycles. The fourth-order valence-corrected chi connectivity index (χ4v) is 1.92. The van der Waals surface area contributed by atoms with Crippen LogP contribution in [0.2, 0.25) is 0 Å². The maximum atomic E-state index is 9.51. The van der Waals surface area contributed by atoms with Gasteiger partial charge in [-0.25, -0.2) is 0 Å². The molecule has 1 aliphatic rings. The molecular weight excluding hydrogens is 284 g/mol. The average Bonchev–Trinajstić information content (AvgIpc) is 2.52. The van der Waals surface area contributed by atoms with Crippen LogP contribution in [0.4, 0.5) is 0 Å². The minimum absolute atomic E-state index is 0.197. The second kappa shape index (κ2) is 8.92. The van der Waals surface area contributed by atoms with Crippen molar-refractivity contribution in [2.45, 2.75) is 25.6 Å². The molecule has 0 unspecified atom stereocenters. The Hall–Kier alpha value is -2.24. The first-order valence-corrected chi connectivity index (χ1v) is 6.91. The van der Waals surface area contributed by atoms with Crippen molar-refractivity contribution in [1.82, 2.24) is 0 Å². The SMILES string of the molecule is CO.C[C@@H]1Oc2cc(O)ccc2C[C@@H]1O.Oc1ccccc1. The van der Waals surface area contributed by atoms with Crippen molar-refractivity contribution in [2.24, 2.45) is 0 Å². The van der Waals surface area contributed by atoms with Gasteiger partial charge in [0.05, 0.1) is 6.10 Å². The zero-order valence-corrected chi connectivity index (χ0v) is 12.7. The fourth-order valence-electron chi connectivity index (χ4n) is 1.92. The number of aromatic hydroxyl groups is 2. The van der Waals surface area contributed by atoms with Gasteiger partial charge in [0.2, 0.25) is 0 Å². The maximum Gasteiger partial charge on any atom is 0.126 e. The number of para-hydroxylation sites is 1. The van der Waals surface area contributed by atoms with Crippen LogP contribution in [0.5, 0.6) is 17.2 Å². The molecule has 2 aromatic carbocycles. The molecule has 22 heavy (non-hydrogen) atoms. The summed E-state index contributed by atoms with van der Waals surface area (Å²) in [5.74, 6) is 1.20. The first kappa shape index (κ1) is 17.8. The number of hydrogen-bond acceptors (Lipinski definition) is 5. The van der Waals surface area contributed by atoms with E-state index in [0.717, 1.165) is 12.7 Å². The third-order valence-electron chi connectivity index (χ3n) is 3.09. The summed E-state index contributed by atoms with van der Waals surface area (Å²) in [6.07, 6.45) is -0.0529. The molecule has 0 radical (unpaired) electrons. The van der Waals surface area contributed by atoms with Gasteiger partial charge in [-0.3, -0.25) is 0 Å². The largest absolute Gasteiger partial charge is 0.508 e. The van der Waals surface area contributed by atoms with Crippen molar-refractivity contribution in [1.29, 1.82) is 0 Å². The summed E-state index contributed by atoms with van der Waals surface area (Å²) in [6, 6.07) is 13.7. The van der Waals surface area contributed by atoms with Gasteiger partial charge in [-0.1, -0.05) is 24.3 Å². The van der Waals surface area contributed by atoms with Crippen molar-refractivity contribution >= 4 is 0 Å². The zero-order valence-electron chi connectivity index (χ0n) is 12.7. The molecule has 0 aliphatic carbocycles. The number of phenols is 2. The van der Waals surface area contributed by atoms with E-state index >= 15 is 0 Å². The zero-order chi connectivity index (χ0) is 16.5. The molecule has 5 heteroatoms. The van der Waals surface area contributed by atoms with Gasteiger partial charge in [-0.2, -0.15) is 0 Å². The Bertz CT molecular complexity index is 556. The first-order valence-electron chi connectivity index (χ1n) is 6.91. The molecular formula is C17H22O5. The number of fused-ring (bicyclic) bond motifs is 1. The molecule has 1 aliphatic heterocycles. The highest BCUT2D eigenvalue weighted by atomic mass is 16.5. The lowest BCUT2D eigenvalue weighted by molar-refractivity contribution is 0.0327. The minimum atomic E-state index is -0.447. The molecule has 5 nitrogen and oxygen atoms in total. The number of rotatable bonds is 0. The second-order valence-electron chi connectivity index (χ2n) is 4.72. The highest BCUT2D eigenvalue weighted by Gasteiger charge is 2.24. The second-order valence-corrected chi connectivity index (χ2v) is 4.72. The maximum absolute atomic E-state index is 9.51. The fraction of sp³-hybridized carbons (Fsp3) is 0.294. The highest BCUT2D eigenvalue weighted by Crippen LogP contribution is 2.30. The Balaban J connectivity index is 0.000000228. The number of ether oxygens (including phenoxy) is 1. The lowest BCUT2D eigenvalue weighted by Gasteiger charge is -2.27. The van der Waals surface area contributed by atoms with Gasteiger partial charge in [0.15, 0.2) is 0 Å². The summed E-state index contributed by atoms with van der Waals surface area (Å²) >= 11 is 0. The predicted molar refractivity (Wildman–Crippen MR) is 84.2 cm³/mol. The minimum Gasteiger partial charge on any atom is -0.508 e. The molecule has 0 saturated heterocycles. The van der Waals surface area contributed by atoms with Gasteiger partial charge in [0, 0.05) is 19.6 Å². The van der Waals surface area contributed by atoms with Gasteiger partial charge in [-0.15, -0.1) is 0 Å². The molecule has 120 valence electrons. The normalized spacial score (nSPS) is 18.5. The van der Waals surface area contributed by atoms with E-state index in [1.807, 2.05) is 13.0 Å². The summed E-state index contributed by atoms with van der Waals surface area (Å²) in [7, 11) is 1.00. The molecule has 2 atom stereocenters. The molecule has 0 spiro atoms. The molecule has 1 heterocycles. The standard InChI is InChI=1S/C10H12O3.C6H6O.CH4O/c1-6-9(12)4-7-2-3-8(11)5-10(7)13-6;7-6-4-2-1-3-5-6;1-2/h2-3,5-6,9,11-12H,4H2,1H3;1-5,7H;2H,1H3/t6-,9-;;/m0../s1. The van der Waals surface area contributed by atoms with E-state index in [1.165, 1.54) is 0 Å². The number of phenolic OH excluding ortho intramolecular Hbond substituents is 2. The van der Waals surface area contributed by atoms with Crippen LogP contribution in [0, 0.1) is 0 Å². The number of benzene rings is 2. The molecule has 3 rings (SSSR count). The van der Waals surface area contributed by atoms with Crippen molar-refractivity contribution in [3.8, 4) is 17.2 Å². The topological polar surface area (TPSA) is 90.2 Å². The number of hydrogen-bond donors (Lipinski definition) is 4. The summed E-state index contributed by atoms with van der Waals surface area (Å²) in [5, 5.41) is 34.3. The quantitative estimate of drug-likeness (QED) is 0.598. The van der Waals surface area contributed by atoms with Crippen molar-refractivity contribution in [3.05, 3.63) is 54.1 Å². The van der Waals surface area contributed by atoms with E-state index in [2.05, 4.69) is 0 Å². The van der Waals surface area contributed by atoms with E-state index < -0.39 is 6.10 Å². The lowest BCUT2D eigenvalue weighted by atomic mass is 10.0. The Kier molecular flexibility index (Phi) is 7.22. The lowest BCUT2D eigenvalue weighted by Crippen LogP contribution is -2.34.